The van der Waals surface area contributed by atoms with Crippen LogP contribution in [0.2, 0.25) is 0 Å². The molecule has 0 saturated carbocycles. The minimum Gasteiger partial charge on any atom is -0.370 e. The maximum Gasteiger partial charge on any atom is 0.126 e. The van der Waals surface area contributed by atoms with Gasteiger partial charge in [0.15, 0.2) is 0 Å². The first-order valence-electron chi connectivity index (χ1n) is 5.97. The SMILES string of the molecule is CC(C)CNc1cc(CN)cc(C(C)C)n1. The minimum atomic E-state index is 0.436. The molecule has 0 radical (unpaired) electrons. The molecule has 3 nitrogen and oxygen atoms in total. The van der Waals surface area contributed by atoms with Gasteiger partial charge in [0.05, 0.1) is 0 Å². The van der Waals surface area contributed by atoms with Gasteiger partial charge in [-0.05, 0) is 29.5 Å². The molecule has 0 saturated heterocycles. The first-order chi connectivity index (χ1) is 7.52. The monoisotopic (exact) mass is 221 g/mol. The Morgan fingerprint density at radius 1 is 1.25 bits per heavy atom. The highest BCUT2D eigenvalue weighted by Gasteiger charge is 2.05. The zero-order chi connectivity index (χ0) is 12.1. The lowest BCUT2D eigenvalue weighted by Crippen LogP contribution is -2.11. The summed E-state index contributed by atoms with van der Waals surface area (Å²) < 4.78 is 0. The van der Waals surface area contributed by atoms with Crippen molar-refractivity contribution in [3.8, 4) is 0 Å². The molecular weight excluding hydrogens is 198 g/mol. The van der Waals surface area contributed by atoms with Gasteiger partial charge < -0.3 is 11.1 Å². The van der Waals surface area contributed by atoms with Crippen molar-refractivity contribution < 1.29 is 0 Å². The predicted molar refractivity (Wildman–Crippen MR) is 69.5 cm³/mol. The quantitative estimate of drug-likeness (QED) is 0.803. The number of rotatable bonds is 5. The Kier molecular flexibility index (Phi) is 4.74. The standard InChI is InChI=1S/C13H23N3/c1-9(2)8-15-13-6-11(7-14)5-12(16-13)10(3)4/h5-6,9-10H,7-8,14H2,1-4H3,(H,15,16). The fourth-order valence-electron chi connectivity index (χ4n) is 1.42. The number of nitrogens with one attached hydrogen (secondary N) is 1. The van der Waals surface area contributed by atoms with Crippen LogP contribution in [0, 0.1) is 5.92 Å². The van der Waals surface area contributed by atoms with Crippen LogP contribution in [0.15, 0.2) is 12.1 Å². The van der Waals surface area contributed by atoms with Crippen LogP contribution in [0.3, 0.4) is 0 Å². The Bertz CT molecular complexity index is 332. The molecule has 0 unspecified atom stereocenters. The van der Waals surface area contributed by atoms with Crippen LogP contribution in [-0.4, -0.2) is 11.5 Å². The van der Waals surface area contributed by atoms with E-state index in [0.29, 0.717) is 18.4 Å². The molecule has 1 rings (SSSR count). The van der Waals surface area contributed by atoms with Gasteiger partial charge in [-0.3, -0.25) is 0 Å². The van der Waals surface area contributed by atoms with E-state index in [9.17, 15) is 0 Å². The van der Waals surface area contributed by atoms with Crippen molar-refractivity contribution in [1.29, 1.82) is 0 Å². The first kappa shape index (κ1) is 13.0. The predicted octanol–water partition coefficient (Wildman–Crippen LogP) is 2.73. The second-order valence-corrected chi connectivity index (χ2v) is 4.92. The van der Waals surface area contributed by atoms with E-state index in [-0.39, 0.29) is 0 Å². The molecule has 1 aromatic heterocycles. The molecule has 0 aromatic carbocycles. The van der Waals surface area contributed by atoms with E-state index in [1.54, 1.807) is 0 Å². The Hall–Kier alpha value is -1.09. The van der Waals surface area contributed by atoms with Gasteiger partial charge in [0, 0.05) is 18.8 Å². The van der Waals surface area contributed by atoms with Crippen molar-refractivity contribution in [1.82, 2.24) is 4.98 Å². The molecular formula is C13H23N3. The summed E-state index contributed by atoms with van der Waals surface area (Å²) in [5.41, 5.74) is 7.94. The maximum atomic E-state index is 5.69. The molecule has 0 aliphatic rings. The van der Waals surface area contributed by atoms with Gasteiger partial charge in [0.2, 0.25) is 0 Å². The largest absolute Gasteiger partial charge is 0.370 e. The molecule has 0 atom stereocenters. The number of hydrogen-bond donors (Lipinski definition) is 2. The van der Waals surface area contributed by atoms with E-state index in [1.807, 2.05) is 6.07 Å². The lowest BCUT2D eigenvalue weighted by atomic mass is 10.1. The molecule has 0 aliphatic carbocycles. The fraction of sp³-hybridized carbons (Fsp3) is 0.615. The third kappa shape index (κ3) is 3.81. The normalized spacial score (nSPS) is 11.2. The van der Waals surface area contributed by atoms with E-state index in [0.717, 1.165) is 23.6 Å². The first-order valence-corrected chi connectivity index (χ1v) is 5.97. The lowest BCUT2D eigenvalue weighted by Gasteiger charge is -2.13. The van der Waals surface area contributed by atoms with Crippen LogP contribution in [0.4, 0.5) is 5.82 Å². The van der Waals surface area contributed by atoms with Gasteiger partial charge >= 0.3 is 0 Å². The Balaban J connectivity index is 2.86. The molecule has 3 heteroatoms. The van der Waals surface area contributed by atoms with E-state index in [1.165, 1.54) is 0 Å². The summed E-state index contributed by atoms with van der Waals surface area (Å²) in [4.78, 5) is 4.59. The molecule has 1 aromatic rings. The molecule has 0 amide bonds. The number of nitrogens with zero attached hydrogens (tertiary/aromatic N) is 1. The Morgan fingerprint density at radius 2 is 1.94 bits per heavy atom. The summed E-state index contributed by atoms with van der Waals surface area (Å²) in [6.45, 7) is 10.2. The van der Waals surface area contributed by atoms with Gasteiger partial charge in [-0.2, -0.15) is 0 Å². The number of anilines is 1. The van der Waals surface area contributed by atoms with Crippen molar-refractivity contribution in [3.63, 3.8) is 0 Å². The summed E-state index contributed by atoms with van der Waals surface area (Å²) in [6.07, 6.45) is 0. The maximum absolute atomic E-state index is 5.69. The summed E-state index contributed by atoms with van der Waals surface area (Å²) >= 11 is 0. The van der Waals surface area contributed by atoms with E-state index in [4.69, 9.17) is 5.73 Å². The molecule has 1 heterocycles. The zero-order valence-electron chi connectivity index (χ0n) is 10.7. The number of hydrogen-bond acceptors (Lipinski definition) is 3. The Morgan fingerprint density at radius 3 is 2.44 bits per heavy atom. The van der Waals surface area contributed by atoms with Crippen LogP contribution < -0.4 is 11.1 Å². The average Bonchev–Trinajstić information content (AvgIpc) is 2.25. The molecule has 0 aliphatic heterocycles. The average molecular weight is 221 g/mol. The van der Waals surface area contributed by atoms with Gasteiger partial charge in [-0.25, -0.2) is 4.98 Å². The lowest BCUT2D eigenvalue weighted by molar-refractivity contribution is 0.685. The van der Waals surface area contributed by atoms with Crippen molar-refractivity contribution in [2.45, 2.75) is 40.2 Å². The summed E-state index contributed by atoms with van der Waals surface area (Å²) in [6, 6.07) is 4.12. The second kappa shape index (κ2) is 5.85. The highest BCUT2D eigenvalue weighted by atomic mass is 15.0. The van der Waals surface area contributed by atoms with E-state index in [2.05, 4.69) is 44.1 Å². The van der Waals surface area contributed by atoms with Crippen molar-refractivity contribution in [2.75, 3.05) is 11.9 Å². The highest BCUT2D eigenvalue weighted by molar-refractivity contribution is 5.40. The number of aromatic nitrogens is 1. The van der Waals surface area contributed by atoms with Gasteiger partial charge in [0.25, 0.3) is 0 Å². The van der Waals surface area contributed by atoms with Crippen molar-refractivity contribution >= 4 is 5.82 Å². The Labute approximate surface area is 98.5 Å². The van der Waals surface area contributed by atoms with Crippen LogP contribution in [0.5, 0.6) is 0 Å². The third-order valence-electron chi connectivity index (χ3n) is 2.42. The van der Waals surface area contributed by atoms with Gasteiger partial charge in [0.1, 0.15) is 5.82 Å². The summed E-state index contributed by atoms with van der Waals surface area (Å²) in [5.74, 6) is 2.00. The van der Waals surface area contributed by atoms with Crippen LogP contribution >= 0.6 is 0 Å². The van der Waals surface area contributed by atoms with Crippen LogP contribution in [-0.2, 0) is 6.54 Å². The van der Waals surface area contributed by atoms with Crippen LogP contribution in [0.25, 0.3) is 0 Å². The number of pyridine rings is 1. The topological polar surface area (TPSA) is 50.9 Å². The van der Waals surface area contributed by atoms with E-state index >= 15 is 0 Å². The van der Waals surface area contributed by atoms with Gasteiger partial charge in [-0.1, -0.05) is 27.7 Å². The molecule has 16 heavy (non-hydrogen) atoms. The van der Waals surface area contributed by atoms with Crippen molar-refractivity contribution in [2.24, 2.45) is 11.7 Å². The number of nitrogens with two attached hydrogens (primary N) is 1. The summed E-state index contributed by atoms with van der Waals surface area (Å²) in [5, 5.41) is 3.35. The minimum absolute atomic E-state index is 0.436. The molecule has 0 fully saturated rings. The fourth-order valence-corrected chi connectivity index (χ4v) is 1.42. The zero-order valence-corrected chi connectivity index (χ0v) is 10.7. The second-order valence-electron chi connectivity index (χ2n) is 4.92. The van der Waals surface area contributed by atoms with Crippen molar-refractivity contribution in [3.05, 3.63) is 23.4 Å². The molecule has 0 spiro atoms. The third-order valence-corrected chi connectivity index (χ3v) is 2.42. The molecule has 3 N–H and O–H groups in total. The van der Waals surface area contributed by atoms with Gasteiger partial charge in [-0.15, -0.1) is 0 Å². The molecule has 0 bridgehead atoms. The smallest absolute Gasteiger partial charge is 0.126 e. The molecule has 90 valence electrons. The van der Waals surface area contributed by atoms with E-state index < -0.39 is 0 Å². The summed E-state index contributed by atoms with van der Waals surface area (Å²) in [7, 11) is 0. The highest BCUT2D eigenvalue weighted by Crippen LogP contribution is 2.17. The van der Waals surface area contributed by atoms with Crippen LogP contribution in [0.1, 0.15) is 44.9 Å².